The number of aliphatic hydroxyl groups is 1. The second-order valence-corrected chi connectivity index (χ2v) is 3.35. The predicted molar refractivity (Wildman–Crippen MR) is 54.4 cm³/mol. The fraction of sp³-hybridized carbons (Fsp3) is 0.200. The van der Waals surface area contributed by atoms with Crippen LogP contribution in [-0.2, 0) is 0 Å². The number of rotatable bonds is 1. The van der Waals surface area contributed by atoms with E-state index in [-0.39, 0.29) is 12.4 Å². The van der Waals surface area contributed by atoms with Crippen molar-refractivity contribution in [2.24, 2.45) is 0 Å². The molecule has 0 bridgehead atoms. The molecule has 0 fully saturated rings. The van der Waals surface area contributed by atoms with Crippen molar-refractivity contribution in [1.29, 1.82) is 0 Å². The first-order valence-electron chi connectivity index (χ1n) is 3.82. The monoisotopic (exact) mass is 240 g/mol. The van der Waals surface area contributed by atoms with Crippen molar-refractivity contribution in [3.05, 3.63) is 28.2 Å². The third-order valence-electron chi connectivity index (χ3n) is 1.42. The number of hydrogen-bond acceptors (Lipinski definition) is 2. The largest absolute Gasteiger partial charge is 0.507 e. The minimum Gasteiger partial charge on any atom is -0.507 e. The van der Waals surface area contributed by atoms with E-state index in [1.165, 1.54) is 0 Å². The summed E-state index contributed by atoms with van der Waals surface area (Å²) < 4.78 is 0.874. The number of aliphatic hydroxyl groups excluding tert-OH is 1. The number of phenolic OH excluding ortho intramolecular Hbond substituents is 1. The number of hydrogen-bond donors (Lipinski definition) is 2. The molecule has 0 aromatic heterocycles. The molecule has 0 amide bonds. The first kappa shape index (κ1) is 10.1. The van der Waals surface area contributed by atoms with Crippen LogP contribution in [-0.4, -0.2) is 16.8 Å². The average molecular weight is 241 g/mol. The van der Waals surface area contributed by atoms with Gasteiger partial charge in [-0.3, -0.25) is 0 Å². The second kappa shape index (κ2) is 4.90. The lowest BCUT2D eigenvalue weighted by molar-refractivity contribution is 0.305. The summed E-state index contributed by atoms with van der Waals surface area (Å²) in [5.41, 5.74) is 0.572. The fourth-order valence-corrected chi connectivity index (χ4v) is 1.18. The molecule has 0 saturated heterocycles. The highest BCUT2D eigenvalue weighted by Crippen LogP contribution is 2.20. The van der Waals surface area contributed by atoms with E-state index in [9.17, 15) is 5.11 Å². The van der Waals surface area contributed by atoms with E-state index in [2.05, 4.69) is 27.8 Å². The highest BCUT2D eigenvalue weighted by atomic mass is 79.9. The van der Waals surface area contributed by atoms with Gasteiger partial charge in [-0.05, 0) is 18.2 Å². The Morgan fingerprint density at radius 3 is 2.85 bits per heavy atom. The SMILES string of the molecule is OCCC#Cc1cc(Br)ccc1O. The summed E-state index contributed by atoms with van der Waals surface area (Å²) in [5.74, 6) is 5.66. The average Bonchev–Trinajstić information content (AvgIpc) is 2.11. The minimum absolute atomic E-state index is 0.0434. The van der Waals surface area contributed by atoms with Gasteiger partial charge in [0, 0.05) is 10.9 Å². The maximum Gasteiger partial charge on any atom is 0.131 e. The summed E-state index contributed by atoms with van der Waals surface area (Å²) in [4.78, 5) is 0. The third kappa shape index (κ3) is 3.10. The molecule has 13 heavy (non-hydrogen) atoms. The third-order valence-corrected chi connectivity index (χ3v) is 1.91. The van der Waals surface area contributed by atoms with Gasteiger partial charge in [-0.1, -0.05) is 27.8 Å². The van der Waals surface area contributed by atoms with Crippen LogP contribution in [0.1, 0.15) is 12.0 Å². The zero-order chi connectivity index (χ0) is 9.68. The topological polar surface area (TPSA) is 40.5 Å². The van der Waals surface area contributed by atoms with E-state index in [0.29, 0.717) is 12.0 Å². The molecule has 1 aromatic carbocycles. The van der Waals surface area contributed by atoms with Gasteiger partial charge in [0.15, 0.2) is 0 Å². The summed E-state index contributed by atoms with van der Waals surface area (Å²) in [6.45, 7) is 0.0434. The van der Waals surface area contributed by atoms with E-state index in [1.54, 1.807) is 18.2 Å². The molecule has 2 N–H and O–H groups in total. The van der Waals surface area contributed by atoms with Gasteiger partial charge in [-0.2, -0.15) is 0 Å². The smallest absolute Gasteiger partial charge is 0.131 e. The van der Waals surface area contributed by atoms with Crippen LogP contribution in [0.15, 0.2) is 22.7 Å². The van der Waals surface area contributed by atoms with Gasteiger partial charge in [0.25, 0.3) is 0 Å². The molecular weight excluding hydrogens is 232 g/mol. The van der Waals surface area contributed by atoms with Crippen LogP contribution in [0.5, 0.6) is 5.75 Å². The Bertz CT molecular complexity index is 350. The van der Waals surface area contributed by atoms with E-state index < -0.39 is 0 Å². The lowest BCUT2D eigenvalue weighted by Crippen LogP contribution is -1.79. The molecule has 1 aromatic rings. The second-order valence-electron chi connectivity index (χ2n) is 2.44. The number of benzene rings is 1. The number of phenols is 1. The number of aromatic hydroxyl groups is 1. The Morgan fingerprint density at radius 1 is 1.38 bits per heavy atom. The van der Waals surface area contributed by atoms with Crippen molar-refractivity contribution >= 4 is 15.9 Å². The summed E-state index contributed by atoms with van der Waals surface area (Å²) >= 11 is 3.28. The van der Waals surface area contributed by atoms with Crippen LogP contribution in [0.2, 0.25) is 0 Å². The van der Waals surface area contributed by atoms with Crippen molar-refractivity contribution in [1.82, 2.24) is 0 Å². The molecular formula is C10H9BrO2. The van der Waals surface area contributed by atoms with Crippen molar-refractivity contribution in [3.8, 4) is 17.6 Å². The Labute approximate surface area is 85.3 Å². The van der Waals surface area contributed by atoms with Crippen LogP contribution in [0, 0.1) is 11.8 Å². The molecule has 68 valence electrons. The summed E-state index contributed by atoms with van der Waals surface area (Å²) in [6, 6.07) is 5.05. The van der Waals surface area contributed by atoms with Gasteiger partial charge >= 0.3 is 0 Å². The molecule has 0 radical (unpaired) electrons. The first-order chi connectivity index (χ1) is 6.24. The lowest BCUT2D eigenvalue weighted by Gasteiger charge is -1.96. The zero-order valence-corrected chi connectivity index (χ0v) is 8.50. The normalized spacial score (nSPS) is 9.08. The highest BCUT2D eigenvalue weighted by molar-refractivity contribution is 9.10. The zero-order valence-electron chi connectivity index (χ0n) is 6.92. The van der Waals surface area contributed by atoms with E-state index in [0.717, 1.165) is 4.47 Å². The van der Waals surface area contributed by atoms with Crippen LogP contribution in [0.3, 0.4) is 0 Å². The molecule has 3 heteroatoms. The molecule has 0 spiro atoms. The van der Waals surface area contributed by atoms with Crippen LogP contribution >= 0.6 is 15.9 Å². The van der Waals surface area contributed by atoms with Crippen LogP contribution in [0.25, 0.3) is 0 Å². The molecule has 0 aliphatic carbocycles. The highest BCUT2D eigenvalue weighted by Gasteiger charge is 1.96. The molecule has 0 saturated carbocycles. The maximum atomic E-state index is 9.35. The summed E-state index contributed by atoms with van der Waals surface area (Å²) in [6.07, 6.45) is 0.423. The Morgan fingerprint density at radius 2 is 2.15 bits per heavy atom. The fourth-order valence-electron chi connectivity index (χ4n) is 0.822. The van der Waals surface area contributed by atoms with Gasteiger partial charge in [-0.25, -0.2) is 0 Å². The standard InChI is InChI=1S/C10H9BrO2/c11-9-4-5-10(13)8(7-9)3-1-2-6-12/h4-5,7,12-13H,2,6H2. The Kier molecular flexibility index (Phi) is 3.81. The van der Waals surface area contributed by atoms with E-state index in [1.807, 2.05) is 0 Å². The van der Waals surface area contributed by atoms with Gasteiger partial charge in [0.05, 0.1) is 12.2 Å². The van der Waals surface area contributed by atoms with Gasteiger partial charge in [0.2, 0.25) is 0 Å². The molecule has 0 atom stereocenters. The summed E-state index contributed by atoms with van der Waals surface area (Å²) in [7, 11) is 0. The van der Waals surface area contributed by atoms with Crippen molar-refractivity contribution in [2.45, 2.75) is 6.42 Å². The lowest BCUT2D eigenvalue weighted by atomic mass is 10.2. The molecule has 2 nitrogen and oxygen atoms in total. The minimum atomic E-state index is 0.0434. The molecule has 0 heterocycles. The Balaban J connectivity index is 2.89. The van der Waals surface area contributed by atoms with Crippen molar-refractivity contribution in [3.63, 3.8) is 0 Å². The Hall–Kier alpha value is -0.980. The summed E-state index contributed by atoms with van der Waals surface area (Å²) in [5, 5.41) is 17.8. The molecule has 1 rings (SSSR count). The molecule has 0 unspecified atom stereocenters. The molecule has 0 aliphatic heterocycles. The van der Waals surface area contributed by atoms with Crippen molar-refractivity contribution < 1.29 is 10.2 Å². The van der Waals surface area contributed by atoms with Crippen LogP contribution < -0.4 is 0 Å². The maximum absolute atomic E-state index is 9.35. The predicted octanol–water partition coefficient (Wildman–Crippen LogP) is 1.89. The first-order valence-corrected chi connectivity index (χ1v) is 4.61. The van der Waals surface area contributed by atoms with Gasteiger partial charge in [0.1, 0.15) is 5.75 Å². The van der Waals surface area contributed by atoms with Crippen molar-refractivity contribution in [2.75, 3.05) is 6.61 Å². The quantitative estimate of drug-likeness (QED) is 0.737. The molecule has 0 aliphatic rings. The van der Waals surface area contributed by atoms with Crippen LogP contribution in [0.4, 0.5) is 0 Å². The van der Waals surface area contributed by atoms with E-state index >= 15 is 0 Å². The van der Waals surface area contributed by atoms with Gasteiger partial charge < -0.3 is 10.2 Å². The van der Waals surface area contributed by atoms with E-state index in [4.69, 9.17) is 5.11 Å². The van der Waals surface area contributed by atoms with Gasteiger partial charge in [-0.15, -0.1) is 0 Å². The number of halogens is 1.